The van der Waals surface area contributed by atoms with Gasteiger partial charge >= 0.3 is 5.97 Å². The first-order valence-corrected chi connectivity index (χ1v) is 2.96. The van der Waals surface area contributed by atoms with E-state index in [1.165, 1.54) is 13.1 Å². The minimum atomic E-state index is -1.15. The molecule has 6 heteroatoms. The Morgan fingerprint density at radius 2 is 2.64 bits per heavy atom. The van der Waals surface area contributed by atoms with Crippen molar-refractivity contribution in [1.29, 1.82) is 0 Å². The highest BCUT2D eigenvalue weighted by Crippen LogP contribution is 2.00. The van der Waals surface area contributed by atoms with Gasteiger partial charge in [-0.3, -0.25) is 5.10 Å². The Bertz CT molecular complexity index is 231. The summed E-state index contributed by atoms with van der Waals surface area (Å²) in [6.45, 7) is 1.31. The Hall–Kier alpha value is -1.43. The highest BCUT2D eigenvalue weighted by molar-refractivity contribution is 5.75. The number of aliphatic hydroxyl groups excluding tert-OH is 1. The molecule has 0 bridgehead atoms. The summed E-state index contributed by atoms with van der Waals surface area (Å²) >= 11 is 0. The first-order chi connectivity index (χ1) is 5.20. The molecule has 2 N–H and O–H groups in total. The second-order valence-corrected chi connectivity index (χ2v) is 1.91. The van der Waals surface area contributed by atoms with Crippen molar-refractivity contribution in [2.24, 2.45) is 0 Å². The Morgan fingerprint density at radius 1 is 1.91 bits per heavy atom. The fourth-order valence-corrected chi connectivity index (χ4v) is 0.429. The average Bonchev–Trinajstić information content (AvgIpc) is 2.39. The number of hydrogen-bond acceptors (Lipinski definition) is 5. The maximum atomic E-state index is 10.7. The summed E-state index contributed by atoms with van der Waals surface area (Å²) in [6, 6.07) is 0. The number of aliphatic hydroxyl groups is 1. The summed E-state index contributed by atoms with van der Waals surface area (Å²) < 4.78 is 4.52. The van der Waals surface area contributed by atoms with E-state index >= 15 is 0 Å². The molecule has 60 valence electrons. The predicted molar refractivity (Wildman–Crippen MR) is 33.7 cm³/mol. The van der Waals surface area contributed by atoms with Crippen LogP contribution in [-0.2, 0) is 4.79 Å². The number of carbonyl (C=O) groups excluding carboxylic acids is 1. The van der Waals surface area contributed by atoms with Crippen LogP contribution in [0, 0.1) is 0 Å². The average molecular weight is 157 g/mol. The van der Waals surface area contributed by atoms with Crippen molar-refractivity contribution in [3.63, 3.8) is 0 Å². The number of H-pyrrole nitrogens is 1. The molecule has 0 aliphatic heterocycles. The van der Waals surface area contributed by atoms with Crippen LogP contribution in [0.15, 0.2) is 6.20 Å². The van der Waals surface area contributed by atoms with E-state index in [4.69, 9.17) is 5.11 Å². The zero-order valence-electron chi connectivity index (χ0n) is 5.81. The van der Waals surface area contributed by atoms with Crippen molar-refractivity contribution < 1.29 is 14.6 Å². The number of esters is 1. The van der Waals surface area contributed by atoms with E-state index in [0.29, 0.717) is 0 Å². The van der Waals surface area contributed by atoms with Crippen LogP contribution in [0.2, 0.25) is 0 Å². The monoisotopic (exact) mass is 157 g/mol. The predicted octanol–water partition coefficient (Wildman–Crippen LogP) is -0.909. The lowest BCUT2D eigenvalue weighted by atomic mass is 10.4. The molecule has 0 spiro atoms. The van der Waals surface area contributed by atoms with Crippen LogP contribution < -0.4 is 4.74 Å². The second-order valence-electron chi connectivity index (χ2n) is 1.91. The molecule has 11 heavy (non-hydrogen) atoms. The maximum Gasteiger partial charge on any atom is 0.341 e. The van der Waals surface area contributed by atoms with E-state index in [2.05, 4.69) is 20.1 Å². The second kappa shape index (κ2) is 3.11. The first kappa shape index (κ1) is 7.67. The topological polar surface area (TPSA) is 88.1 Å². The Labute approximate surface area is 62.2 Å². The van der Waals surface area contributed by atoms with Gasteiger partial charge in [0.1, 0.15) is 6.10 Å². The molecule has 1 heterocycles. The third kappa shape index (κ3) is 2.01. The van der Waals surface area contributed by atoms with Crippen LogP contribution in [-0.4, -0.2) is 32.6 Å². The molecule has 1 aromatic heterocycles. The summed E-state index contributed by atoms with van der Waals surface area (Å²) in [7, 11) is 0. The van der Waals surface area contributed by atoms with Gasteiger partial charge < -0.3 is 9.84 Å². The van der Waals surface area contributed by atoms with Gasteiger partial charge in [-0.15, -0.1) is 0 Å². The zero-order chi connectivity index (χ0) is 8.27. The Balaban J connectivity index is 2.50. The highest BCUT2D eigenvalue weighted by Gasteiger charge is 2.12. The normalized spacial score (nSPS) is 12.5. The van der Waals surface area contributed by atoms with Crippen molar-refractivity contribution >= 4 is 5.97 Å². The quantitative estimate of drug-likeness (QED) is 0.542. The molecule has 0 aliphatic carbocycles. The standard InChI is InChI=1S/C5H7N3O3/c1-3(9)5(10)11-4-2-6-8-7-4/h2-3,9H,1H3,(H,6,7,8). The van der Waals surface area contributed by atoms with Crippen LogP contribution in [0.3, 0.4) is 0 Å². The van der Waals surface area contributed by atoms with Gasteiger partial charge in [0.15, 0.2) is 0 Å². The van der Waals surface area contributed by atoms with Gasteiger partial charge in [-0.2, -0.15) is 0 Å². The molecule has 0 aliphatic rings. The third-order valence-electron chi connectivity index (χ3n) is 0.941. The third-order valence-corrected chi connectivity index (χ3v) is 0.941. The van der Waals surface area contributed by atoms with E-state index in [-0.39, 0.29) is 5.88 Å². The van der Waals surface area contributed by atoms with Crippen LogP contribution in [0.4, 0.5) is 0 Å². The lowest BCUT2D eigenvalue weighted by Crippen LogP contribution is -2.22. The number of nitrogens with one attached hydrogen (secondary N) is 1. The zero-order valence-corrected chi connectivity index (χ0v) is 5.81. The molecule has 0 saturated carbocycles. The fourth-order valence-electron chi connectivity index (χ4n) is 0.429. The summed E-state index contributed by atoms with van der Waals surface area (Å²) in [5, 5.41) is 17.7. The SMILES string of the molecule is CC(O)C(=O)Oc1c[nH]nn1. The molecule has 1 atom stereocenters. The molecule has 0 aromatic carbocycles. The van der Waals surface area contributed by atoms with Crippen molar-refractivity contribution in [2.75, 3.05) is 0 Å². The number of aromatic nitrogens is 3. The number of hydrogen-bond donors (Lipinski definition) is 2. The molecule has 6 nitrogen and oxygen atoms in total. The Kier molecular flexibility index (Phi) is 2.17. The molecule has 1 rings (SSSR count). The smallest absolute Gasteiger partial charge is 0.341 e. The fraction of sp³-hybridized carbons (Fsp3) is 0.400. The molecular formula is C5H7N3O3. The van der Waals surface area contributed by atoms with Crippen LogP contribution in [0.25, 0.3) is 0 Å². The molecule has 0 saturated heterocycles. The van der Waals surface area contributed by atoms with Gasteiger partial charge in [-0.25, -0.2) is 4.79 Å². The van der Waals surface area contributed by atoms with Crippen LogP contribution >= 0.6 is 0 Å². The number of aromatic amines is 1. The van der Waals surface area contributed by atoms with Crippen LogP contribution in [0.1, 0.15) is 6.92 Å². The van der Waals surface area contributed by atoms with Crippen LogP contribution in [0.5, 0.6) is 5.88 Å². The van der Waals surface area contributed by atoms with E-state index in [1.54, 1.807) is 0 Å². The molecule has 1 unspecified atom stereocenters. The van der Waals surface area contributed by atoms with Crippen molar-refractivity contribution in [3.8, 4) is 5.88 Å². The van der Waals surface area contributed by atoms with Gasteiger partial charge in [0.2, 0.25) is 0 Å². The van der Waals surface area contributed by atoms with Gasteiger partial charge in [0.05, 0.1) is 6.20 Å². The van der Waals surface area contributed by atoms with E-state index in [9.17, 15) is 4.79 Å². The summed E-state index contributed by atoms with van der Waals surface area (Å²) in [5.74, 6) is -0.699. The highest BCUT2D eigenvalue weighted by atomic mass is 16.6. The lowest BCUT2D eigenvalue weighted by Gasteiger charge is -2.00. The van der Waals surface area contributed by atoms with E-state index < -0.39 is 12.1 Å². The molecule has 0 radical (unpaired) electrons. The van der Waals surface area contributed by atoms with Gasteiger partial charge in [0, 0.05) is 0 Å². The van der Waals surface area contributed by atoms with E-state index in [1.807, 2.05) is 0 Å². The van der Waals surface area contributed by atoms with Gasteiger partial charge in [-0.1, -0.05) is 10.3 Å². The van der Waals surface area contributed by atoms with Crippen molar-refractivity contribution in [2.45, 2.75) is 13.0 Å². The minimum Gasteiger partial charge on any atom is -0.402 e. The van der Waals surface area contributed by atoms with E-state index in [0.717, 1.165) is 0 Å². The number of ether oxygens (including phenoxy) is 1. The Morgan fingerprint density at radius 3 is 3.09 bits per heavy atom. The number of carbonyl (C=O) groups is 1. The minimum absolute atomic E-state index is 0.0518. The van der Waals surface area contributed by atoms with Crippen molar-refractivity contribution in [3.05, 3.63) is 6.20 Å². The summed E-state index contributed by atoms with van der Waals surface area (Å²) in [5.41, 5.74) is 0. The number of nitrogens with zero attached hydrogens (tertiary/aromatic N) is 2. The number of rotatable bonds is 2. The van der Waals surface area contributed by atoms with Gasteiger partial charge in [0.25, 0.3) is 5.88 Å². The maximum absolute atomic E-state index is 10.7. The largest absolute Gasteiger partial charge is 0.402 e. The molecular weight excluding hydrogens is 150 g/mol. The molecule has 0 amide bonds. The molecule has 1 aromatic rings. The molecule has 0 fully saturated rings. The summed E-state index contributed by atoms with van der Waals surface area (Å²) in [4.78, 5) is 10.7. The van der Waals surface area contributed by atoms with Crippen molar-refractivity contribution in [1.82, 2.24) is 15.4 Å². The lowest BCUT2D eigenvalue weighted by molar-refractivity contribution is -0.143. The first-order valence-electron chi connectivity index (χ1n) is 2.96. The van der Waals surface area contributed by atoms with Gasteiger partial charge in [-0.05, 0) is 6.92 Å². The summed E-state index contributed by atoms with van der Waals surface area (Å²) in [6.07, 6.45) is 0.159.